The molecule has 7 heteroatoms. The number of carbonyl (C=O) groups excluding carboxylic acids is 1. The number of hydrogen-bond acceptors (Lipinski definition) is 6. The van der Waals surface area contributed by atoms with Crippen molar-refractivity contribution in [2.24, 2.45) is 0 Å². The minimum Gasteiger partial charge on any atom is -0.460 e. The van der Waals surface area contributed by atoms with E-state index in [0.29, 0.717) is 13.2 Å². The first-order valence-corrected chi connectivity index (χ1v) is 5.35. The topological polar surface area (TPSA) is 105 Å². The van der Waals surface area contributed by atoms with Gasteiger partial charge >= 0.3 is 5.97 Å². The van der Waals surface area contributed by atoms with Crippen LogP contribution in [0.25, 0.3) is 0 Å². The van der Waals surface area contributed by atoms with Crippen molar-refractivity contribution in [3.63, 3.8) is 0 Å². The molecule has 0 bridgehead atoms. The van der Waals surface area contributed by atoms with Crippen LogP contribution in [0.5, 0.6) is 0 Å². The van der Waals surface area contributed by atoms with E-state index in [1.807, 2.05) is 6.92 Å². The summed E-state index contributed by atoms with van der Waals surface area (Å²) in [7, 11) is 0. The Morgan fingerprint density at radius 1 is 1.44 bits per heavy atom. The summed E-state index contributed by atoms with van der Waals surface area (Å²) < 4.78 is 9.90. The number of esters is 1. The Balaban J connectivity index is 2.66. The van der Waals surface area contributed by atoms with Crippen LogP contribution in [0, 0.1) is 10.1 Å². The number of carbonyl (C=O) groups is 1. The van der Waals surface area contributed by atoms with Crippen LogP contribution in [-0.2, 0) is 9.47 Å². The molecule has 1 aromatic rings. The van der Waals surface area contributed by atoms with Crippen LogP contribution in [0.3, 0.4) is 0 Å². The lowest BCUT2D eigenvalue weighted by Crippen LogP contribution is -2.12. The van der Waals surface area contributed by atoms with Gasteiger partial charge in [-0.2, -0.15) is 0 Å². The summed E-state index contributed by atoms with van der Waals surface area (Å²) in [5.41, 5.74) is 5.51. The summed E-state index contributed by atoms with van der Waals surface area (Å²) in [5.74, 6) is -0.623. The fourth-order valence-corrected chi connectivity index (χ4v) is 1.26. The number of nitrogens with two attached hydrogens (primary N) is 1. The molecular formula is C11H14N2O5. The van der Waals surface area contributed by atoms with Gasteiger partial charge in [-0.05, 0) is 13.0 Å². The second kappa shape index (κ2) is 6.55. The molecule has 98 valence electrons. The zero-order chi connectivity index (χ0) is 13.5. The molecule has 2 N–H and O–H groups in total. The molecule has 0 atom stereocenters. The molecule has 0 aliphatic rings. The Hall–Kier alpha value is -2.15. The summed E-state index contributed by atoms with van der Waals surface area (Å²) in [5, 5.41) is 10.5. The number of benzene rings is 1. The minimum atomic E-state index is -0.623. The van der Waals surface area contributed by atoms with Crippen molar-refractivity contribution >= 4 is 17.3 Å². The molecule has 0 saturated carbocycles. The highest BCUT2D eigenvalue weighted by Crippen LogP contribution is 2.20. The highest BCUT2D eigenvalue weighted by Gasteiger charge is 2.15. The van der Waals surface area contributed by atoms with Gasteiger partial charge in [-0.3, -0.25) is 10.1 Å². The van der Waals surface area contributed by atoms with E-state index in [4.69, 9.17) is 15.2 Å². The first-order chi connectivity index (χ1) is 8.56. The number of nitro groups is 1. The number of nitrogen functional groups attached to an aromatic ring is 1. The molecule has 0 aromatic heterocycles. The highest BCUT2D eigenvalue weighted by atomic mass is 16.6. The van der Waals surface area contributed by atoms with Crippen molar-refractivity contribution in [3.8, 4) is 0 Å². The largest absolute Gasteiger partial charge is 0.460 e. The summed E-state index contributed by atoms with van der Waals surface area (Å²) in [4.78, 5) is 21.5. The first kappa shape index (κ1) is 13.9. The van der Waals surface area contributed by atoms with Crippen LogP contribution in [-0.4, -0.2) is 30.7 Å². The van der Waals surface area contributed by atoms with E-state index in [9.17, 15) is 14.9 Å². The van der Waals surface area contributed by atoms with Gasteiger partial charge in [0, 0.05) is 18.7 Å². The van der Waals surface area contributed by atoms with Gasteiger partial charge in [0.1, 0.15) is 6.61 Å². The van der Waals surface area contributed by atoms with Crippen LogP contribution >= 0.6 is 0 Å². The molecule has 0 aliphatic heterocycles. The predicted octanol–water partition coefficient (Wildman–Crippen LogP) is 1.37. The van der Waals surface area contributed by atoms with E-state index in [-0.39, 0.29) is 23.5 Å². The molecule has 7 nitrogen and oxygen atoms in total. The number of anilines is 1. The molecule has 18 heavy (non-hydrogen) atoms. The predicted molar refractivity (Wildman–Crippen MR) is 64.3 cm³/mol. The Morgan fingerprint density at radius 2 is 2.17 bits per heavy atom. The molecule has 1 rings (SSSR count). The fourth-order valence-electron chi connectivity index (χ4n) is 1.26. The quantitative estimate of drug-likeness (QED) is 0.270. The molecule has 0 radical (unpaired) electrons. The van der Waals surface area contributed by atoms with Gasteiger partial charge < -0.3 is 15.2 Å². The highest BCUT2D eigenvalue weighted by molar-refractivity contribution is 5.95. The zero-order valence-electron chi connectivity index (χ0n) is 9.92. The van der Waals surface area contributed by atoms with E-state index in [1.54, 1.807) is 0 Å². The van der Waals surface area contributed by atoms with Gasteiger partial charge in [-0.15, -0.1) is 0 Å². The molecule has 0 fully saturated rings. The standard InChI is InChI=1S/C11H14N2O5/c1-2-17-5-6-18-11(14)9-4-3-8(13(15)16)7-10(9)12/h3-4,7H,2,5-6,12H2,1H3. The maximum absolute atomic E-state index is 11.6. The minimum absolute atomic E-state index is 0.0191. The average molecular weight is 254 g/mol. The van der Waals surface area contributed by atoms with E-state index in [0.717, 1.165) is 6.07 Å². The average Bonchev–Trinajstić information content (AvgIpc) is 2.34. The van der Waals surface area contributed by atoms with Crippen molar-refractivity contribution in [1.82, 2.24) is 0 Å². The number of nitrogens with zero attached hydrogens (tertiary/aromatic N) is 1. The number of rotatable bonds is 6. The van der Waals surface area contributed by atoms with E-state index < -0.39 is 10.9 Å². The monoisotopic (exact) mass is 254 g/mol. The maximum Gasteiger partial charge on any atom is 0.340 e. The van der Waals surface area contributed by atoms with Gasteiger partial charge in [0.2, 0.25) is 0 Å². The third kappa shape index (κ3) is 3.70. The lowest BCUT2D eigenvalue weighted by molar-refractivity contribution is -0.384. The summed E-state index contributed by atoms with van der Waals surface area (Å²) in [6.45, 7) is 2.78. The summed E-state index contributed by atoms with van der Waals surface area (Å²) in [6.07, 6.45) is 0. The SMILES string of the molecule is CCOCCOC(=O)c1ccc([N+](=O)[O-])cc1N. The Labute approximate surface area is 104 Å². The Morgan fingerprint density at radius 3 is 2.72 bits per heavy atom. The third-order valence-corrected chi connectivity index (χ3v) is 2.13. The fraction of sp³-hybridized carbons (Fsp3) is 0.364. The van der Waals surface area contributed by atoms with Gasteiger partial charge in [0.05, 0.1) is 22.8 Å². The van der Waals surface area contributed by atoms with Crippen molar-refractivity contribution in [1.29, 1.82) is 0 Å². The maximum atomic E-state index is 11.6. The summed E-state index contributed by atoms with van der Waals surface area (Å²) in [6, 6.07) is 3.60. The number of ether oxygens (including phenoxy) is 2. The molecule has 0 spiro atoms. The second-order valence-electron chi connectivity index (χ2n) is 3.36. The summed E-state index contributed by atoms with van der Waals surface area (Å²) >= 11 is 0. The van der Waals surface area contributed by atoms with Crippen LogP contribution in [0.2, 0.25) is 0 Å². The lowest BCUT2D eigenvalue weighted by Gasteiger charge is -2.06. The van der Waals surface area contributed by atoms with E-state index in [1.165, 1.54) is 12.1 Å². The molecule has 0 unspecified atom stereocenters. The van der Waals surface area contributed by atoms with E-state index >= 15 is 0 Å². The van der Waals surface area contributed by atoms with Crippen molar-refractivity contribution in [3.05, 3.63) is 33.9 Å². The van der Waals surface area contributed by atoms with Crippen LogP contribution in [0.1, 0.15) is 17.3 Å². The van der Waals surface area contributed by atoms with Crippen molar-refractivity contribution < 1.29 is 19.2 Å². The normalized spacial score (nSPS) is 10.1. The van der Waals surface area contributed by atoms with Crippen LogP contribution < -0.4 is 5.73 Å². The van der Waals surface area contributed by atoms with Gasteiger partial charge in [0.15, 0.2) is 0 Å². The number of nitro benzene ring substituents is 1. The van der Waals surface area contributed by atoms with Gasteiger partial charge in [0.25, 0.3) is 5.69 Å². The molecule has 0 aliphatic carbocycles. The number of non-ortho nitro benzene ring substituents is 1. The van der Waals surface area contributed by atoms with Crippen LogP contribution in [0.4, 0.5) is 11.4 Å². The van der Waals surface area contributed by atoms with Crippen molar-refractivity contribution in [2.75, 3.05) is 25.6 Å². The first-order valence-electron chi connectivity index (χ1n) is 5.35. The second-order valence-corrected chi connectivity index (χ2v) is 3.36. The van der Waals surface area contributed by atoms with E-state index in [2.05, 4.69) is 0 Å². The molecule has 0 saturated heterocycles. The van der Waals surface area contributed by atoms with Gasteiger partial charge in [-0.25, -0.2) is 4.79 Å². The van der Waals surface area contributed by atoms with Crippen LogP contribution in [0.15, 0.2) is 18.2 Å². The van der Waals surface area contributed by atoms with Crippen molar-refractivity contribution in [2.45, 2.75) is 6.92 Å². The zero-order valence-corrected chi connectivity index (χ0v) is 9.92. The molecular weight excluding hydrogens is 240 g/mol. The van der Waals surface area contributed by atoms with Gasteiger partial charge in [-0.1, -0.05) is 0 Å². The molecule has 0 heterocycles. The smallest absolute Gasteiger partial charge is 0.340 e. The molecule has 1 aromatic carbocycles. The Kier molecular flexibility index (Phi) is 5.06. The third-order valence-electron chi connectivity index (χ3n) is 2.13. The molecule has 0 amide bonds. The number of hydrogen-bond donors (Lipinski definition) is 1. The Bertz CT molecular complexity index is 447. The lowest BCUT2D eigenvalue weighted by atomic mass is 10.1.